The molecule has 2 heterocycles. The van der Waals surface area contributed by atoms with Crippen molar-refractivity contribution < 1.29 is 9.84 Å². The number of likely N-dealkylation sites (N-methyl/N-ethyl adjacent to an activating group) is 1. The zero-order valence-corrected chi connectivity index (χ0v) is 17.6. The molecule has 0 aliphatic carbocycles. The molecule has 5 heteroatoms. The first-order valence-corrected chi connectivity index (χ1v) is 10.6. The van der Waals surface area contributed by atoms with Crippen molar-refractivity contribution in [1.29, 1.82) is 0 Å². The Kier molecular flexibility index (Phi) is 6.20. The fourth-order valence-electron chi connectivity index (χ4n) is 4.73. The van der Waals surface area contributed by atoms with E-state index in [0.717, 1.165) is 63.5 Å². The van der Waals surface area contributed by atoms with Crippen molar-refractivity contribution in [3.8, 4) is 5.75 Å². The molecule has 156 valence electrons. The largest absolute Gasteiger partial charge is 0.497 e. The molecule has 2 aliphatic rings. The summed E-state index contributed by atoms with van der Waals surface area (Å²) in [6.07, 6.45) is 0.754. The molecule has 2 fully saturated rings. The lowest BCUT2D eigenvalue weighted by molar-refractivity contribution is -0.108. The number of benzene rings is 2. The fourth-order valence-corrected chi connectivity index (χ4v) is 4.73. The van der Waals surface area contributed by atoms with Gasteiger partial charge in [-0.05, 0) is 36.7 Å². The molecule has 0 bridgehead atoms. The van der Waals surface area contributed by atoms with Gasteiger partial charge in [0.05, 0.1) is 13.2 Å². The van der Waals surface area contributed by atoms with Crippen LogP contribution in [0, 0.1) is 0 Å². The summed E-state index contributed by atoms with van der Waals surface area (Å²) in [5.74, 6) is 0.890. The van der Waals surface area contributed by atoms with Crippen molar-refractivity contribution in [3.63, 3.8) is 0 Å². The van der Waals surface area contributed by atoms with Gasteiger partial charge in [-0.3, -0.25) is 9.80 Å². The monoisotopic (exact) mass is 395 g/mol. The van der Waals surface area contributed by atoms with Crippen LogP contribution >= 0.6 is 0 Å². The number of likely N-dealkylation sites (tertiary alicyclic amines) is 1. The van der Waals surface area contributed by atoms with Gasteiger partial charge in [0, 0.05) is 45.8 Å². The van der Waals surface area contributed by atoms with Crippen LogP contribution in [-0.4, -0.2) is 79.3 Å². The molecule has 0 aromatic heterocycles. The summed E-state index contributed by atoms with van der Waals surface area (Å²) in [6.45, 7) is 6.79. The van der Waals surface area contributed by atoms with E-state index in [4.69, 9.17) is 4.74 Å². The second-order valence-electron chi connectivity index (χ2n) is 8.48. The van der Waals surface area contributed by atoms with E-state index in [1.807, 2.05) is 30.3 Å². The van der Waals surface area contributed by atoms with Crippen LogP contribution in [0.15, 0.2) is 54.6 Å². The van der Waals surface area contributed by atoms with Gasteiger partial charge in [-0.15, -0.1) is 0 Å². The number of piperazine rings is 1. The van der Waals surface area contributed by atoms with Gasteiger partial charge in [0.1, 0.15) is 11.4 Å². The third kappa shape index (κ3) is 4.48. The minimum absolute atomic E-state index is 0.102. The molecule has 2 atom stereocenters. The Hall–Kier alpha value is -1.92. The molecule has 0 unspecified atom stereocenters. The minimum Gasteiger partial charge on any atom is -0.497 e. The molecular formula is C24H33N3O2. The molecule has 4 rings (SSSR count). The van der Waals surface area contributed by atoms with Crippen molar-refractivity contribution in [3.05, 3.63) is 65.7 Å². The zero-order chi connectivity index (χ0) is 20.3. The van der Waals surface area contributed by atoms with Crippen LogP contribution in [0.4, 0.5) is 0 Å². The van der Waals surface area contributed by atoms with Gasteiger partial charge in [0.2, 0.25) is 0 Å². The predicted octanol–water partition coefficient (Wildman–Crippen LogP) is 2.40. The van der Waals surface area contributed by atoms with Gasteiger partial charge >= 0.3 is 0 Å². The molecule has 0 saturated carbocycles. The lowest BCUT2D eigenvalue weighted by Crippen LogP contribution is -2.63. The number of aliphatic hydroxyl groups is 1. The summed E-state index contributed by atoms with van der Waals surface area (Å²) in [5, 5.41) is 11.9. The summed E-state index contributed by atoms with van der Waals surface area (Å²) >= 11 is 0. The Labute approximate surface area is 174 Å². The molecule has 0 spiro atoms. The highest BCUT2D eigenvalue weighted by Gasteiger charge is 2.46. The highest BCUT2D eigenvalue weighted by atomic mass is 16.5. The Balaban J connectivity index is 1.54. The van der Waals surface area contributed by atoms with Crippen molar-refractivity contribution in [2.75, 3.05) is 53.4 Å². The summed E-state index contributed by atoms with van der Waals surface area (Å²) < 4.78 is 5.28. The molecule has 2 aromatic carbocycles. The molecule has 0 amide bonds. The maximum Gasteiger partial charge on any atom is 0.118 e. The Morgan fingerprint density at radius 1 is 0.966 bits per heavy atom. The zero-order valence-electron chi connectivity index (χ0n) is 17.6. The Morgan fingerprint density at radius 2 is 1.66 bits per heavy atom. The van der Waals surface area contributed by atoms with E-state index in [-0.39, 0.29) is 6.04 Å². The van der Waals surface area contributed by atoms with Crippen LogP contribution in [0.2, 0.25) is 0 Å². The molecule has 29 heavy (non-hydrogen) atoms. The Morgan fingerprint density at radius 3 is 2.31 bits per heavy atom. The van der Waals surface area contributed by atoms with Gasteiger partial charge in [0.15, 0.2) is 0 Å². The average molecular weight is 396 g/mol. The molecule has 0 radical (unpaired) electrons. The highest BCUT2D eigenvalue weighted by Crippen LogP contribution is 2.37. The molecule has 2 aliphatic heterocycles. The van der Waals surface area contributed by atoms with Gasteiger partial charge in [-0.1, -0.05) is 42.5 Å². The van der Waals surface area contributed by atoms with Crippen molar-refractivity contribution in [2.45, 2.75) is 24.6 Å². The van der Waals surface area contributed by atoms with Crippen LogP contribution in [0.25, 0.3) is 0 Å². The number of hydrogen-bond donors (Lipinski definition) is 1. The standard InChI is InChI=1S/C24H33N3O2/c1-25-14-16-27(17-15-25)23-19-26(18-20-8-10-22(29-2)11-9-20)13-12-24(23,28)21-6-4-3-5-7-21/h3-11,23,28H,12-19H2,1-2H3/t23-,24+/m1/s1. The second kappa shape index (κ2) is 8.84. The van der Waals surface area contributed by atoms with Crippen LogP contribution in [0.3, 0.4) is 0 Å². The topological polar surface area (TPSA) is 39.2 Å². The first-order valence-electron chi connectivity index (χ1n) is 10.6. The first-order chi connectivity index (χ1) is 14.1. The maximum atomic E-state index is 11.9. The summed E-state index contributed by atoms with van der Waals surface area (Å²) in [7, 11) is 3.88. The van der Waals surface area contributed by atoms with E-state index in [9.17, 15) is 5.11 Å². The highest BCUT2D eigenvalue weighted by molar-refractivity contribution is 5.28. The SMILES string of the molecule is COc1ccc(CN2CC[C@](O)(c3ccccc3)[C@H](N3CCN(C)CC3)C2)cc1. The fraction of sp³-hybridized carbons (Fsp3) is 0.500. The van der Waals surface area contributed by atoms with E-state index in [1.54, 1.807) is 7.11 Å². The third-order valence-electron chi connectivity index (χ3n) is 6.61. The molecular weight excluding hydrogens is 362 g/mol. The predicted molar refractivity (Wildman–Crippen MR) is 116 cm³/mol. The van der Waals surface area contributed by atoms with E-state index in [1.165, 1.54) is 5.56 Å². The van der Waals surface area contributed by atoms with Crippen molar-refractivity contribution in [1.82, 2.24) is 14.7 Å². The lowest BCUT2D eigenvalue weighted by atomic mass is 9.79. The third-order valence-corrected chi connectivity index (χ3v) is 6.61. The van der Waals surface area contributed by atoms with Gasteiger partial charge in [-0.25, -0.2) is 0 Å². The number of hydrogen-bond acceptors (Lipinski definition) is 5. The van der Waals surface area contributed by atoms with E-state index >= 15 is 0 Å². The normalized spacial score (nSPS) is 27.1. The number of piperidine rings is 1. The smallest absolute Gasteiger partial charge is 0.118 e. The van der Waals surface area contributed by atoms with Crippen LogP contribution < -0.4 is 4.74 Å². The number of rotatable bonds is 5. The summed E-state index contributed by atoms with van der Waals surface area (Å²) in [6, 6.07) is 18.7. The van der Waals surface area contributed by atoms with E-state index in [2.05, 4.69) is 46.0 Å². The summed E-state index contributed by atoms with van der Waals surface area (Å²) in [5.41, 5.74) is 1.54. The molecule has 2 aromatic rings. The van der Waals surface area contributed by atoms with Gasteiger partial charge in [0.25, 0.3) is 0 Å². The molecule has 2 saturated heterocycles. The quantitative estimate of drug-likeness (QED) is 0.842. The van der Waals surface area contributed by atoms with Crippen molar-refractivity contribution in [2.24, 2.45) is 0 Å². The maximum absolute atomic E-state index is 11.9. The summed E-state index contributed by atoms with van der Waals surface area (Å²) in [4.78, 5) is 7.37. The second-order valence-corrected chi connectivity index (χ2v) is 8.48. The average Bonchev–Trinajstić information content (AvgIpc) is 2.77. The lowest BCUT2D eigenvalue weighted by Gasteiger charge is -2.51. The number of nitrogens with zero attached hydrogens (tertiary/aromatic N) is 3. The minimum atomic E-state index is -0.798. The van der Waals surface area contributed by atoms with Gasteiger partial charge in [-0.2, -0.15) is 0 Å². The number of ether oxygens (including phenoxy) is 1. The van der Waals surface area contributed by atoms with Crippen LogP contribution in [0.1, 0.15) is 17.5 Å². The van der Waals surface area contributed by atoms with Crippen LogP contribution in [-0.2, 0) is 12.1 Å². The first kappa shape index (κ1) is 20.4. The number of methoxy groups -OCH3 is 1. The van der Waals surface area contributed by atoms with E-state index in [0.29, 0.717) is 0 Å². The van der Waals surface area contributed by atoms with Gasteiger partial charge < -0.3 is 14.7 Å². The Bertz CT molecular complexity index is 774. The van der Waals surface area contributed by atoms with Crippen LogP contribution in [0.5, 0.6) is 5.75 Å². The molecule has 5 nitrogen and oxygen atoms in total. The molecule has 1 N–H and O–H groups in total. The van der Waals surface area contributed by atoms with E-state index < -0.39 is 5.60 Å². The van der Waals surface area contributed by atoms with Crippen molar-refractivity contribution >= 4 is 0 Å².